The highest BCUT2D eigenvalue weighted by Gasteiger charge is 2.41. The molecule has 0 fully saturated rings. The zero-order chi connectivity index (χ0) is 23.6. The van der Waals surface area contributed by atoms with Gasteiger partial charge in [0.05, 0.1) is 17.5 Å². The zero-order valence-corrected chi connectivity index (χ0v) is 18.8. The van der Waals surface area contributed by atoms with Gasteiger partial charge in [-0.1, -0.05) is 60.7 Å². The topological polar surface area (TPSA) is 104 Å². The number of β-amino-alcohol motifs (C(OH)–C–C–N with tert-alkyl or cyclic N) is 1. The fraction of sp³-hybridized carbons (Fsp3) is 0.200. The first-order valence-electron chi connectivity index (χ1n) is 10.5. The van der Waals surface area contributed by atoms with Crippen molar-refractivity contribution in [3.63, 3.8) is 0 Å². The van der Waals surface area contributed by atoms with Crippen molar-refractivity contribution in [1.82, 2.24) is 10.2 Å². The number of aliphatic hydroxyl groups is 1. The van der Waals surface area contributed by atoms with Crippen LogP contribution in [0.2, 0.25) is 0 Å². The van der Waals surface area contributed by atoms with E-state index in [4.69, 9.17) is 0 Å². The van der Waals surface area contributed by atoms with Crippen molar-refractivity contribution in [3.05, 3.63) is 101 Å². The summed E-state index contributed by atoms with van der Waals surface area (Å²) in [5.41, 5.74) is 2.42. The Morgan fingerprint density at radius 2 is 1.64 bits per heavy atom. The number of carbonyl (C=O) groups is 2. The highest BCUT2D eigenvalue weighted by Crippen LogP contribution is 2.35. The lowest BCUT2D eigenvalue weighted by atomic mass is 10.0. The second kappa shape index (κ2) is 9.17. The van der Waals surface area contributed by atoms with E-state index in [1.54, 1.807) is 60.7 Å². The maximum atomic E-state index is 13.2. The fourth-order valence-corrected chi connectivity index (χ4v) is 4.58. The van der Waals surface area contributed by atoms with E-state index in [0.717, 1.165) is 11.8 Å². The molecule has 2 atom stereocenters. The van der Waals surface area contributed by atoms with Gasteiger partial charge in [0, 0.05) is 18.4 Å². The normalized spacial score (nSPS) is 16.4. The SMILES string of the molecule is CS(=O)(=O)c1ccc(CNC(=O)C2c3ccccc3C(=O)N2CC(O)c2ccccc2)cc1. The average Bonchev–Trinajstić information content (AvgIpc) is 3.09. The van der Waals surface area contributed by atoms with Crippen molar-refractivity contribution in [2.75, 3.05) is 12.8 Å². The van der Waals surface area contributed by atoms with E-state index in [-0.39, 0.29) is 29.8 Å². The first-order chi connectivity index (χ1) is 15.8. The number of nitrogens with one attached hydrogen (secondary N) is 1. The van der Waals surface area contributed by atoms with E-state index in [1.807, 2.05) is 6.07 Å². The summed E-state index contributed by atoms with van der Waals surface area (Å²) >= 11 is 0. The number of rotatable bonds is 7. The van der Waals surface area contributed by atoms with Gasteiger partial charge in [-0.2, -0.15) is 0 Å². The number of nitrogens with zero attached hydrogens (tertiary/aromatic N) is 1. The van der Waals surface area contributed by atoms with Crippen LogP contribution in [0.25, 0.3) is 0 Å². The van der Waals surface area contributed by atoms with Crippen LogP contribution < -0.4 is 5.32 Å². The molecule has 4 rings (SSSR count). The number of aliphatic hydroxyl groups excluding tert-OH is 1. The van der Waals surface area contributed by atoms with Crippen LogP contribution in [0.15, 0.2) is 83.8 Å². The second-order valence-electron chi connectivity index (χ2n) is 8.01. The predicted octanol–water partition coefficient (Wildman–Crippen LogP) is 2.64. The van der Waals surface area contributed by atoms with Gasteiger partial charge in [-0.05, 0) is 34.9 Å². The Kier molecular flexibility index (Phi) is 6.31. The minimum absolute atomic E-state index is 0.0291. The number of fused-ring (bicyclic) bond motifs is 1. The molecule has 8 heteroatoms. The van der Waals surface area contributed by atoms with Crippen LogP contribution in [0, 0.1) is 0 Å². The minimum Gasteiger partial charge on any atom is -0.387 e. The third kappa shape index (κ3) is 4.81. The lowest BCUT2D eigenvalue weighted by Crippen LogP contribution is -2.40. The van der Waals surface area contributed by atoms with E-state index in [2.05, 4.69) is 5.32 Å². The summed E-state index contributed by atoms with van der Waals surface area (Å²) in [5, 5.41) is 13.5. The first-order valence-corrected chi connectivity index (χ1v) is 12.3. The lowest BCUT2D eigenvalue weighted by molar-refractivity contribution is -0.126. The van der Waals surface area contributed by atoms with Crippen LogP contribution in [0.5, 0.6) is 0 Å². The molecule has 0 aromatic heterocycles. The summed E-state index contributed by atoms with van der Waals surface area (Å²) in [6.45, 7) is 0.142. The van der Waals surface area contributed by atoms with Gasteiger partial charge in [0.15, 0.2) is 9.84 Å². The van der Waals surface area contributed by atoms with E-state index in [1.165, 1.54) is 17.0 Å². The van der Waals surface area contributed by atoms with E-state index in [0.29, 0.717) is 16.7 Å². The Hall–Kier alpha value is -3.49. The molecule has 0 saturated carbocycles. The van der Waals surface area contributed by atoms with Crippen molar-refractivity contribution >= 4 is 21.7 Å². The molecular formula is C25H24N2O5S. The Bertz CT molecular complexity index is 1270. The standard InChI is InChI=1S/C25H24N2O5S/c1-33(31,32)19-13-11-17(12-14-19)15-26-24(29)23-20-9-5-6-10-21(20)25(30)27(23)16-22(28)18-7-3-2-4-8-18/h2-14,22-23,28H,15-16H2,1H3,(H,26,29). The molecule has 1 aliphatic rings. The van der Waals surface area contributed by atoms with Gasteiger partial charge in [0.1, 0.15) is 6.04 Å². The van der Waals surface area contributed by atoms with E-state index < -0.39 is 22.0 Å². The fourth-order valence-electron chi connectivity index (χ4n) is 3.95. The van der Waals surface area contributed by atoms with Crippen LogP contribution in [-0.4, -0.2) is 43.0 Å². The number of sulfone groups is 1. The molecule has 3 aromatic rings. The molecule has 3 aromatic carbocycles. The van der Waals surface area contributed by atoms with Gasteiger partial charge >= 0.3 is 0 Å². The van der Waals surface area contributed by atoms with Crippen molar-refractivity contribution in [1.29, 1.82) is 0 Å². The van der Waals surface area contributed by atoms with E-state index >= 15 is 0 Å². The Morgan fingerprint density at radius 3 is 2.30 bits per heavy atom. The van der Waals surface area contributed by atoms with Gasteiger partial charge in [0.2, 0.25) is 5.91 Å². The van der Waals surface area contributed by atoms with Crippen LogP contribution in [0.3, 0.4) is 0 Å². The molecule has 33 heavy (non-hydrogen) atoms. The van der Waals surface area contributed by atoms with Crippen molar-refractivity contribution in [3.8, 4) is 0 Å². The largest absolute Gasteiger partial charge is 0.387 e. The molecule has 0 aliphatic carbocycles. The zero-order valence-electron chi connectivity index (χ0n) is 18.0. The molecular weight excluding hydrogens is 440 g/mol. The number of benzene rings is 3. The Labute approximate surface area is 192 Å². The summed E-state index contributed by atoms with van der Waals surface area (Å²) < 4.78 is 23.3. The quantitative estimate of drug-likeness (QED) is 0.560. The highest BCUT2D eigenvalue weighted by atomic mass is 32.2. The summed E-state index contributed by atoms with van der Waals surface area (Å²) in [6.07, 6.45) is 0.194. The van der Waals surface area contributed by atoms with Crippen molar-refractivity contribution < 1.29 is 23.1 Å². The summed E-state index contributed by atoms with van der Waals surface area (Å²) in [7, 11) is -3.30. The maximum absolute atomic E-state index is 13.2. The van der Waals surface area contributed by atoms with Crippen molar-refractivity contribution in [2.24, 2.45) is 0 Å². The molecule has 2 unspecified atom stereocenters. The predicted molar refractivity (Wildman–Crippen MR) is 123 cm³/mol. The highest BCUT2D eigenvalue weighted by molar-refractivity contribution is 7.90. The Balaban J connectivity index is 1.53. The van der Waals surface area contributed by atoms with Crippen LogP contribution >= 0.6 is 0 Å². The second-order valence-corrected chi connectivity index (χ2v) is 10.0. The van der Waals surface area contributed by atoms with Gasteiger partial charge in [0.25, 0.3) is 5.91 Å². The molecule has 0 bridgehead atoms. The lowest BCUT2D eigenvalue weighted by Gasteiger charge is -2.27. The number of amides is 2. The maximum Gasteiger partial charge on any atom is 0.255 e. The average molecular weight is 465 g/mol. The smallest absolute Gasteiger partial charge is 0.255 e. The van der Waals surface area contributed by atoms with E-state index in [9.17, 15) is 23.1 Å². The van der Waals surface area contributed by atoms with Gasteiger partial charge in [-0.15, -0.1) is 0 Å². The summed E-state index contributed by atoms with van der Waals surface area (Å²) in [4.78, 5) is 27.9. The first kappa shape index (κ1) is 22.7. The summed E-state index contributed by atoms with van der Waals surface area (Å²) in [5.74, 6) is -0.681. The van der Waals surface area contributed by atoms with Gasteiger partial charge in [-0.3, -0.25) is 9.59 Å². The van der Waals surface area contributed by atoms with Gasteiger partial charge < -0.3 is 15.3 Å². The monoisotopic (exact) mass is 464 g/mol. The molecule has 7 nitrogen and oxygen atoms in total. The molecule has 0 radical (unpaired) electrons. The Morgan fingerprint density at radius 1 is 1.00 bits per heavy atom. The van der Waals surface area contributed by atoms with Crippen LogP contribution in [-0.2, 0) is 21.2 Å². The van der Waals surface area contributed by atoms with Crippen LogP contribution in [0.1, 0.15) is 39.2 Å². The number of carbonyl (C=O) groups excluding carboxylic acids is 2. The molecule has 1 aliphatic heterocycles. The molecule has 2 N–H and O–H groups in total. The minimum atomic E-state index is -3.30. The molecule has 1 heterocycles. The van der Waals surface area contributed by atoms with Crippen LogP contribution in [0.4, 0.5) is 0 Å². The summed E-state index contributed by atoms with van der Waals surface area (Å²) in [6, 6.07) is 21.3. The number of hydrogen-bond donors (Lipinski definition) is 2. The number of hydrogen-bond acceptors (Lipinski definition) is 5. The third-order valence-electron chi connectivity index (χ3n) is 5.68. The third-order valence-corrected chi connectivity index (χ3v) is 6.81. The molecule has 0 saturated heterocycles. The molecule has 0 spiro atoms. The molecule has 2 amide bonds. The molecule has 170 valence electrons. The van der Waals surface area contributed by atoms with Crippen molar-refractivity contribution in [2.45, 2.75) is 23.6 Å². The van der Waals surface area contributed by atoms with Gasteiger partial charge in [-0.25, -0.2) is 8.42 Å².